The largest absolute Gasteiger partial charge is 0.334 e. The first kappa shape index (κ1) is 16.3. The molecule has 0 radical (unpaired) electrons. The standard InChI is InChI=1S/C14H17Cl3N2S/c1-3-8(4-2)13-7-18-14(20-13)19-12-6-10(16)9(15)5-11(12)17/h5-6,8,13H,3-4,7H2,1-2H3,(H,18,19). The van der Waals surface area contributed by atoms with Gasteiger partial charge >= 0.3 is 0 Å². The van der Waals surface area contributed by atoms with Crippen LogP contribution in [0.15, 0.2) is 17.1 Å². The Hall–Kier alpha value is -0.0900. The Balaban J connectivity index is 2.04. The number of halogens is 3. The third kappa shape index (κ3) is 3.76. The highest BCUT2D eigenvalue weighted by Gasteiger charge is 2.26. The SMILES string of the molecule is CCC(CC)C1CN=C(Nc2cc(Cl)c(Cl)cc2Cl)S1. The van der Waals surface area contributed by atoms with Crippen LogP contribution in [0.5, 0.6) is 0 Å². The second-order valence-corrected chi connectivity index (χ2v) is 7.20. The van der Waals surface area contributed by atoms with Gasteiger partial charge in [-0.05, 0) is 18.1 Å². The van der Waals surface area contributed by atoms with Crippen LogP contribution in [0.3, 0.4) is 0 Å². The van der Waals surface area contributed by atoms with Crippen LogP contribution in [0.1, 0.15) is 26.7 Å². The Labute approximate surface area is 139 Å². The van der Waals surface area contributed by atoms with Crippen LogP contribution in [0.4, 0.5) is 5.69 Å². The predicted octanol–water partition coefficient (Wildman–Crippen LogP) is 5.97. The minimum absolute atomic E-state index is 0.457. The maximum absolute atomic E-state index is 6.16. The number of benzene rings is 1. The van der Waals surface area contributed by atoms with Gasteiger partial charge in [-0.3, -0.25) is 4.99 Å². The molecule has 0 aliphatic carbocycles. The van der Waals surface area contributed by atoms with Gasteiger partial charge in [-0.2, -0.15) is 0 Å². The number of anilines is 1. The van der Waals surface area contributed by atoms with E-state index in [9.17, 15) is 0 Å². The van der Waals surface area contributed by atoms with Crippen LogP contribution >= 0.6 is 46.6 Å². The highest BCUT2D eigenvalue weighted by Crippen LogP contribution is 2.35. The fourth-order valence-electron chi connectivity index (χ4n) is 2.25. The summed E-state index contributed by atoms with van der Waals surface area (Å²) >= 11 is 19.9. The number of aliphatic imine (C=N–C) groups is 1. The third-order valence-electron chi connectivity index (χ3n) is 3.50. The monoisotopic (exact) mass is 350 g/mol. The van der Waals surface area contributed by atoms with Crippen LogP contribution in [0, 0.1) is 5.92 Å². The molecule has 0 bridgehead atoms. The van der Waals surface area contributed by atoms with E-state index in [1.807, 2.05) is 0 Å². The van der Waals surface area contributed by atoms with Gasteiger partial charge in [0.05, 0.1) is 27.3 Å². The summed E-state index contributed by atoms with van der Waals surface area (Å²) < 4.78 is 0. The van der Waals surface area contributed by atoms with Crippen LogP contribution < -0.4 is 5.32 Å². The minimum atomic E-state index is 0.457. The van der Waals surface area contributed by atoms with E-state index in [-0.39, 0.29) is 0 Å². The molecule has 1 unspecified atom stereocenters. The molecule has 1 aromatic rings. The molecule has 0 amide bonds. The molecule has 0 fully saturated rings. The van der Waals surface area contributed by atoms with Crippen molar-refractivity contribution in [2.75, 3.05) is 11.9 Å². The van der Waals surface area contributed by atoms with Gasteiger partial charge in [-0.15, -0.1) is 0 Å². The maximum Gasteiger partial charge on any atom is 0.161 e. The van der Waals surface area contributed by atoms with E-state index in [0.717, 1.165) is 17.4 Å². The van der Waals surface area contributed by atoms with Crippen molar-refractivity contribution in [2.24, 2.45) is 10.9 Å². The van der Waals surface area contributed by atoms with E-state index in [2.05, 4.69) is 24.2 Å². The molecular formula is C14H17Cl3N2S. The molecule has 110 valence electrons. The van der Waals surface area contributed by atoms with Gasteiger partial charge in [0.15, 0.2) is 5.17 Å². The van der Waals surface area contributed by atoms with E-state index < -0.39 is 0 Å². The molecule has 0 spiro atoms. The van der Waals surface area contributed by atoms with Crippen molar-refractivity contribution in [3.8, 4) is 0 Å². The quantitative estimate of drug-likeness (QED) is 0.676. The molecule has 1 N–H and O–H groups in total. The summed E-state index contributed by atoms with van der Waals surface area (Å²) in [7, 11) is 0. The number of amidine groups is 1. The summed E-state index contributed by atoms with van der Waals surface area (Å²) in [4.78, 5) is 4.56. The lowest BCUT2D eigenvalue weighted by molar-refractivity contribution is 0.479. The van der Waals surface area contributed by atoms with E-state index in [1.165, 1.54) is 12.8 Å². The summed E-state index contributed by atoms with van der Waals surface area (Å²) in [5.41, 5.74) is 0.748. The van der Waals surface area contributed by atoms with Crippen molar-refractivity contribution in [1.29, 1.82) is 0 Å². The number of hydrogen-bond acceptors (Lipinski definition) is 3. The van der Waals surface area contributed by atoms with E-state index in [0.29, 0.717) is 26.2 Å². The smallest absolute Gasteiger partial charge is 0.161 e. The molecule has 6 heteroatoms. The molecule has 1 aromatic carbocycles. The Bertz CT molecular complexity index is 515. The zero-order valence-corrected chi connectivity index (χ0v) is 14.5. The lowest BCUT2D eigenvalue weighted by Crippen LogP contribution is -2.17. The molecule has 0 saturated heterocycles. The highest BCUT2D eigenvalue weighted by molar-refractivity contribution is 8.15. The number of thioether (sulfide) groups is 1. The molecule has 1 heterocycles. The molecule has 2 rings (SSSR count). The van der Waals surface area contributed by atoms with Crippen molar-refractivity contribution in [1.82, 2.24) is 0 Å². The summed E-state index contributed by atoms with van der Waals surface area (Å²) in [6, 6.07) is 3.38. The fraction of sp³-hybridized carbons (Fsp3) is 0.500. The molecule has 0 aromatic heterocycles. The van der Waals surface area contributed by atoms with Gasteiger partial charge in [0.2, 0.25) is 0 Å². The van der Waals surface area contributed by atoms with Gasteiger partial charge in [0.1, 0.15) is 0 Å². The van der Waals surface area contributed by atoms with Crippen molar-refractivity contribution < 1.29 is 0 Å². The van der Waals surface area contributed by atoms with Crippen molar-refractivity contribution >= 4 is 57.4 Å². The van der Waals surface area contributed by atoms with E-state index in [4.69, 9.17) is 34.8 Å². The molecule has 1 aliphatic heterocycles. The molecular weight excluding hydrogens is 335 g/mol. The first-order valence-corrected chi connectivity index (χ1v) is 8.69. The van der Waals surface area contributed by atoms with Crippen molar-refractivity contribution in [2.45, 2.75) is 31.9 Å². The average Bonchev–Trinajstić information content (AvgIpc) is 2.86. The summed E-state index contributed by atoms with van der Waals surface area (Å²) in [5, 5.41) is 6.19. The molecule has 1 aliphatic rings. The number of nitrogens with zero attached hydrogens (tertiary/aromatic N) is 1. The molecule has 2 nitrogen and oxygen atoms in total. The predicted molar refractivity (Wildman–Crippen MR) is 92.8 cm³/mol. The third-order valence-corrected chi connectivity index (χ3v) is 5.83. The van der Waals surface area contributed by atoms with Gasteiger partial charge in [-0.25, -0.2) is 0 Å². The van der Waals surface area contributed by atoms with Gasteiger partial charge in [0, 0.05) is 5.25 Å². The number of nitrogens with one attached hydrogen (secondary N) is 1. The highest BCUT2D eigenvalue weighted by atomic mass is 35.5. The number of hydrogen-bond donors (Lipinski definition) is 1. The van der Waals surface area contributed by atoms with Crippen LogP contribution in [-0.4, -0.2) is 17.0 Å². The first-order valence-electron chi connectivity index (χ1n) is 6.67. The van der Waals surface area contributed by atoms with Gasteiger partial charge < -0.3 is 5.32 Å². The first-order chi connectivity index (χ1) is 9.55. The molecule has 1 atom stereocenters. The second-order valence-electron chi connectivity index (χ2n) is 4.75. The Kier molecular flexibility index (Phi) is 5.91. The minimum Gasteiger partial charge on any atom is -0.334 e. The van der Waals surface area contributed by atoms with Crippen molar-refractivity contribution in [3.63, 3.8) is 0 Å². The summed E-state index contributed by atoms with van der Waals surface area (Å²) in [6.07, 6.45) is 2.37. The van der Waals surface area contributed by atoms with Gasteiger partial charge in [0.25, 0.3) is 0 Å². The Morgan fingerprint density at radius 1 is 1.20 bits per heavy atom. The Morgan fingerprint density at radius 3 is 2.50 bits per heavy atom. The summed E-state index contributed by atoms with van der Waals surface area (Å²) in [5.74, 6) is 0.701. The lowest BCUT2D eigenvalue weighted by Gasteiger charge is -2.18. The molecule has 20 heavy (non-hydrogen) atoms. The topological polar surface area (TPSA) is 24.4 Å². The molecule has 0 saturated carbocycles. The van der Waals surface area contributed by atoms with Crippen molar-refractivity contribution in [3.05, 3.63) is 27.2 Å². The maximum atomic E-state index is 6.16. The van der Waals surface area contributed by atoms with Crippen LogP contribution in [0.2, 0.25) is 15.1 Å². The second kappa shape index (κ2) is 7.26. The zero-order valence-electron chi connectivity index (χ0n) is 11.4. The van der Waals surface area contributed by atoms with Crippen LogP contribution in [-0.2, 0) is 0 Å². The van der Waals surface area contributed by atoms with E-state index in [1.54, 1.807) is 23.9 Å². The number of rotatable bonds is 4. The zero-order chi connectivity index (χ0) is 14.7. The van der Waals surface area contributed by atoms with Crippen LogP contribution in [0.25, 0.3) is 0 Å². The fourth-order valence-corrected chi connectivity index (χ4v) is 4.18. The lowest BCUT2D eigenvalue weighted by atomic mass is 9.99. The average molecular weight is 352 g/mol. The van der Waals surface area contributed by atoms with Gasteiger partial charge in [-0.1, -0.05) is 73.3 Å². The summed E-state index contributed by atoms with van der Waals surface area (Å²) in [6.45, 7) is 5.32. The Morgan fingerprint density at radius 2 is 1.85 bits per heavy atom. The normalized spacial score (nSPS) is 18.5. The van der Waals surface area contributed by atoms with E-state index >= 15 is 0 Å².